The van der Waals surface area contributed by atoms with Gasteiger partial charge in [-0.1, -0.05) is 23.3 Å². The zero-order valence-corrected chi connectivity index (χ0v) is 13.9. The Hall–Kier alpha value is -3.19. The van der Waals surface area contributed by atoms with Crippen LogP contribution in [0, 0.1) is 0 Å². The van der Waals surface area contributed by atoms with Gasteiger partial charge in [-0.25, -0.2) is 0 Å². The Labute approximate surface area is 148 Å². The van der Waals surface area contributed by atoms with E-state index in [1.54, 1.807) is 12.4 Å². The first-order valence-electron chi connectivity index (χ1n) is 7.63. The smallest absolute Gasteiger partial charge is 0.320 e. The Morgan fingerprint density at radius 1 is 1.00 bits per heavy atom. The molecule has 4 rings (SSSR count). The van der Waals surface area contributed by atoms with Gasteiger partial charge < -0.3 is 14.5 Å². The molecule has 6 nitrogen and oxygen atoms in total. The topological polar surface area (TPSA) is 73.1 Å². The molecular formula is C18H14N4O2S. The molecule has 0 saturated heterocycles. The van der Waals surface area contributed by atoms with Gasteiger partial charge in [-0.05, 0) is 41.3 Å². The molecule has 0 atom stereocenters. The molecule has 1 aromatic carbocycles. The highest BCUT2D eigenvalue weighted by atomic mass is 32.1. The molecule has 0 saturated carbocycles. The Morgan fingerprint density at radius 2 is 1.84 bits per heavy atom. The van der Waals surface area contributed by atoms with E-state index >= 15 is 0 Å². The summed E-state index contributed by atoms with van der Waals surface area (Å²) in [5.41, 5.74) is 1.93. The molecule has 0 unspecified atom stereocenters. The molecule has 3 heterocycles. The summed E-state index contributed by atoms with van der Waals surface area (Å²) in [7, 11) is 0. The van der Waals surface area contributed by atoms with Crippen LogP contribution < -0.4 is 10.1 Å². The molecule has 0 aliphatic carbocycles. The Balaban J connectivity index is 1.48. The van der Waals surface area contributed by atoms with Crippen LogP contribution in [0.25, 0.3) is 10.8 Å². The molecule has 0 aliphatic heterocycles. The van der Waals surface area contributed by atoms with Gasteiger partial charge in [0.1, 0.15) is 17.2 Å². The molecule has 3 aromatic heterocycles. The number of nitrogens with one attached hydrogen (secondary N) is 1. The van der Waals surface area contributed by atoms with E-state index in [0.29, 0.717) is 18.5 Å². The summed E-state index contributed by atoms with van der Waals surface area (Å²) >= 11 is 1.50. The van der Waals surface area contributed by atoms with Crippen LogP contribution in [0.5, 0.6) is 5.75 Å². The number of ether oxygens (including phenoxy) is 1. The van der Waals surface area contributed by atoms with Crippen LogP contribution >= 0.6 is 11.3 Å². The Morgan fingerprint density at radius 3 is 2.68 bits per heavy atom. The molecular weight excluding hydrogens is 336 g/mol. The van der Waals surface area contributed by atoms with Crippen molar-refractivity contribution in [3.8, 4) is 16.5 Å². The van der Waals surface area contributed by atoms with Gasteiger partial charge in [0.2, 0.25) is 0 Å². The standard InChI is InChI=1S/C18H14N4O2S/c1-2-4-14(5-3-1)20-18-22-21-17(24-18)16-15(8-11-25-16)23-12-13-6-9-19-10-7-13/h1-11H,12H2,(H,20,22). The fraction of sp³-hybridized carbons (Fsp3) is 0.0556. The molecule has 1 N–H and O–H groups in total. The van der Waals surface area contributed by atoms with Gasteiger partial charge in [-0.3, -0.25) is 4.98 Å². The van der Waals surface area contributed by atoms with Crippen LogP contribution in [0.3, 0.4) is 0 Å². The van der Waals surface area contributed by atoms with Crippen LogP contribution in [0.15, 0.2) is 70.7 Å². The predicted octanol–water partition coefficient (Wildman–Crippen LogP) is 4.52. The van der Waals surface area contributed by atoms with Gasteiger partial charge >= 0.3 is 6.01 Å². The zero-order valence-electron chi connectivity index (χ0n) is 13.1. The highest BCUT2D eigenvalue weighted by Gasteiger charge is 2.16. The van der Waals surface area contributed by atoms with Gasteiger partial charge in [0.15, 0.2) is 0 Å². The van der Waals surface area contributed by atoms with Crippen molar-refractivity contribution in [1.29, 1.82) is 0 Å². The molecule has 0 bridgehead atoms. The van der Waals surface area contributed by atoms with Gasteiger partial charge in [-0.2, -0.15) is 0 Å². The van der Waals surface area contributed by atoms with Crippen LogP contribution in [-0.4, -0.2) is 15.2 Å². The van der Waals surface area contributed by atoms with Crippen molar-refractivity contribution in [3.63, 3.8) is 0 Å². The van der Waals surface area contributed by atoms with Crippen LogP contribution in [0.4, 0.5) is 11.7 Å². The van der Waals surface area contributed by atoms with E-state index < -0.39 is 0 Å². The van der Waals surface area contributed by atoms with Gasteiger partial charge in [0, 0.05) is 18.1 Å². The van der Waals surface area contributed by atoms with Gasteiger partial charge in [0.05, 0.1) is 0 Å². The summed E-state index contributed by atoms with van der Waals surface area (Å²) in [5.74, 6) is 1.15. The summed E-state index contributed by atoms with van der Waals surface area (Å²) in [6.07, 6.45) is 3.49. The predicted molar refractivity (Wildman–Crippen MR) is 95.9 cm³/mol. The average Bonchev–Trinajstić information content (AvgIpc) is 3.31. The van der Waals surface area contributed by atoms with Crippen molar-refractivity contribution in [1.82, 2.24) is 15.2 Å². The second kappa shape index (κ2) is 7.14. The molecule has 0 aliphatic rings. The van der Waals surface area contributed by atoms with E-state index in [2.05, 4.69) is 20.5 Å². The van der Waals surface area contributed by atoms with Crippen LogP contribution in [0.1, 0.15) is 5.56 Å². The summed E-state index contributed by atoms with van der Waals surface area (Å²) < 4.78 is 11.6. The minimum absolute atomic E-state index is 0.342. The molecule has 124 valence electrons. The SMILES string of the molecule is c1ccc(Nc2nnc(-c3sccc3OCc3ccncc3)o2)cc1. The zero-order chi connectivity index (χ0) is 16.9. The number of benzene rings is 1. The first kappa shape index (κ1) is 15.3. The highest BCUT2D eigenvalue weighted by Crippen LogP contribution is 2.36. The minimum atomic E-state index is 0.342. The maximum atomic E-state index is 5.88. The van der Waals surface area contributed by atoms with Crippen molar-refractivity contribution in [2.45, 2.75) is 6.61 Å². The third kappa shape index (κ3) is 3.67. The highest BCUT2D eigenvalue weighted by molar-refractivity contribution is 7.13. The number of aromatic nitrogens is 3. The fourth-order valence-electron chi connectivity index (χ4n) is 2.22. The molecule has 0 amide bonds. The number of hydrogen-bond acceptors (Lipinski definition) is 7. The molecule has 0 fully saturated rings. The number of hydrogen-bond donors (Lipinski definition) is 1. The first-order chi connectivity index (χ1) is 12.4. The Kier molecular flexibility index (Phi) is 4.38. The molecule has 25 heavy (non-hydrogen) atoms. The number of pyridine rings is 1. The van der Waals surface area contributed by atoms with Crippen LogP contribution in [-0.2, 0) is 6.61 Å². The van der Waals surface area contributed by atoms with Crippen molar-refractivity contribution in [2.24, 2.45) is 0 Å². The molecule has 0 spiro atoms. The largest absolute Gasteiger partial charge is 0.487 e. The monoisotopic (exact) mass is 350 g/mol. The number of anilines is 2. The third-order valence-electron chi connectivity index (χ3n) is 3.42. The Bertz CT molecular complexity index is 938. The number of thiophene rings is 1. The van der Waals surface area contributed by atoms with Gasteiger partial charge in [0.25, 0.3) is 5.89 Å². The average molecular weight is 350 g/mol. The second-order valence-electron chi connectivity index (χ2n) is 5.16. The molecule has 7 heteroatoms. The van der Waals surface area contributed by atoms with E-state index in [1.165, 1.54) is 11.3 Å². The lowest BCUT2D eigenvalue weighted by atomic mass is 10.3. The first-order valence-corrected chi connectivity index (χ1v) is 8.51. The summed E-state index contributed by atoms with van der Waals surface area (Å²) in [6, 6.07) is 15.7. The van der Waals surface area contributed by atoms with Crippen LogP contribution in [0.2, 0.25) is 0 Å². The third-order valence-corrected chi connectivity index (χ3v) is 4.30. The fourth-order valence-corrected chi connectivity index (χ4v) is 2.97. The number of nitrogens with zero attached hydrogens (tertiary/aromatic N) is 3. The van der Waals surface area contributed by atoms with Gasteiger partial charge in [-0.15, -0.1) is 16.4 Å². The minimum Gasteiger partial charge on any atom is -0.487 e. The summed E-state index contributed by atoms with van der Waals surface area (Å²) in [6.45, 7) is 0.454. The normalized spacial score (nSPS) is 10.6. The summed E-state index contributed by atoms with van der Waals surface area (Å²) in [4.78, 5) is 4.81. The maximum absolute atomic E-state index is 5.88. The van der Waals surface area contributed by atoms with Crippen molar-refractivity contribution < 1.29 is 9.15 Å². The summed E-state index contributed by atoms with van der Waals surface area (Å²) in [5, 5.41) is 13.2. The van der Waals surface area contributed by atoms with Crippen molar-refractivity contribution in [2.75, 3.05) is 5.32 Å². The van der Waals surface area contributed by atoms with Crippen molar-refractivity contribution in [3.05, 3.63) is 71.9 Å². The second-order valence-corrected chi connectivity index (χ2v) is 6.08. The van der Waals surface area contributed by atoms with E-state index in [-0.39, 0.29) is 0 Å². The lowest BCUT2D eigenvalue weighted by Gasteiger charge is -2.05. The quantitative estimate of drug-likeness (QED) is 0.551. The number of para-hydroxylation sites is 1. The van der Waals surface area contributed by atoms with E-state index in [1.807, 2.05) is 53.9 Å². The molecule has 0 radical (unpaired) electrons. The lowest BCUT2D eigenvalue weighted by Crippen LogP contribution is -1.95. The number of rotatable bonds is 6. The maximum Gasteiger partial charge on any atom is 0.320 e. The van der Waals surface area contributed by atoms with E-state index in [0.717, 1.165) is 21.9 Å². The van der Waals surface area contributed by atoms with E-state index in [9.17, 15) is 0 Å². The lowest BCUT2D eigenvalue weighted by molar-refractivity contribution is 0.308. The van der Waals surface area contributed by atoms with E-state index in [4.69, 9.17) is 9.15 Å². The van der Waals surface area contributed by atoms with Crippen molar-refractivity contribution >= 4 is 23.0 Å². The molecule has 4 aromatic rings.